The molecule has 0 aromatic heterocycles. The van der Waals surface area contributed by atoms with E-state index in [9.17, 15) is 0 Å². The van der Waals surface area contributed by atoms with Gasteiger partial charge in [0.05, 0.1) is 5.69 Å². The van der Waals surface area contributed by atoms with Gasteiger partial charge in [-0.1, -0.05) is 12.1 Å². The van der Waals surface area contributed by atoms with Crippen molar-refractivity contribution in [2.45, 2.75) is 26.3 Å². The summed E-state index contributed by atoms with van der Waals surface area (Å²) in [5.74, 6) is 0. The van der Waals surface area contributed by atoms with Gasteiger partial charge in [0.15, 0.2) is 0 Å². The molecule has 1 rings (SSSR count). The zero-order chi connectivity index (χ0) is 9.90. The minimum absolute atomic E-state index is 0.000787. The van der Waals surface area contributed by atoms with Crippen LogP contribution in [0.4, 0.5) is 11.4 Å². The van der Waals surface area contributed by atoms with Crippen LogP contribution in [-0.2, 0) is 0 Å². The highest BCUT2D eigenvalue weighted by molar-refractivity contribution is 5.65. The standard InChI is InChI=1S/C10H15N3/c1-10(2,3)12-8-6-4-5-7-9(8)13-11/h4-7,11-12H,1-3H3. The molecular formula is C10H15N3. The van der Waals surface area contributed by atoms with Gasteiger partial charge in [-0.05, 0) is 32.9 Å². The average molecular weight is 177 g/mol. The highest BCUT2D eigenvalue weighted by Crippen LogP contribution is 2.26. The largest absolute Gasteiger partial charge is 0.379 e. The third kappa shape index (κ3) is 2.86. The van der Waals surface area contributed by atoms with Gasteiger partial charge in [-0.25, -0.2) is 5.53 Å². The molecule has 0 radical (unpaired) electrons. The highest BCUT2D eigenvalue weighted by Gasteiger charge is 2.10. The molecule has 0 unspecified atom stereocenters. The van der Waals surface area contributed by atoms with Crippen molar-refractivity contribution < 1.29 is 0 Å². The Morgan fingerprint density at radius 1 is 1.23 bits per heavy atom. The maximum Gasteiger partial charge on any atom is 0.108 e. The molecule has 0 aliphatic carbocycles. The lowest BCUT2D eigenvalue weighted by atomic mass is 10.1. The molecule has 70 valence electrons. The van der Waals surface area contributed by atoms with Crippen molar-refractivity contribution in [2.24, 2.45) is 5.11 Å². The Kier molecular flexibility index (Phi) is 2.66. The predicted molar refractivity (Wildman–Crippen MR) is 54.6 cm³/mol. The summed E-state index contributed by atoms with van der Waals surface area (Å²) in [5, 5.41) is 6.73. The maximum absolute atomic E-state index is 6.98. The molecule has 0 saturated carbocycles. The summed E-state index contributed by atoms with van der Waals surface area (Å²) in [5.41, 5.74) is 8.56. The van der Waals surface area contributed by atoms with E-state index in [0.717, 1.165) is 5.69 Å². The molecule has 0 amide bonds. The fourth-order valence-electron chi connectivity index (χ4n) is 1.08. The van der Waals surface area contributed by atoms with Crippen LogP contribution in [0.3, 0.4) is 0 Å². The van der Waals surface area contributed by atoms with E-state index in [1.165, 1.54) is 0 Å². The van der Waals surface area contributed by atoms with Crippen molar-refractivity contribution >= 4 is 11.4 Å². The van der Waals surface area contributed by atoms with E-state index in [1.54, 1.807) is 0 Å². The van der Waals surface area contributed by atoms with Gasteiger partial charge < -0.3 is 5.32 Å². The Labute approximate surface area is 78.7 Å². The lowest BCUT2D eigenvalue weighted by Gasteiger charge is -2.22. The summed E-state index contributed by atoms with van der Waals surface area (Å²) >= 11 is 0. The number of rotatable bonds is 2. The molecule has 0 aliphatic heterocycles. The van der Waals surface area contributed by atoms with Gasteiger partial charge in [-0.2, -0.15) is 5.11 Å². The first-order valence-electron chi connectivity index (χ1n) is 4.27. The molecule has 0 fully saturated rings. The summed E-state index contributed by atoms with van der Waals surface area (Å²) in [6, 6.07) is 7.56. The van der Waals surface area contributed by atoms with Gasteiger partial charge in [-0.3, -0.25) is 0 Å². The number of hydrogen-bond donors (Lipinski definition) is 2. The van der Waals surface area contributed by atoms with Crippen LogP contribution in [0.25, 0.3) is 0 Å². The molecule has 0 spiro atoms. The van der Waals surface area contributed by atoms with Crippen molar-refractivity contribution in [3.8, 4) is 0 Å². The lowest BCUT2D eigenvalue weighted by Crippen LogP contribution is -2.25. The molecule has 1 aromatic rings. The molecule has 1 aromatic carbocycles. The van der Waals surface area contributed by atoms with E-state index in [0.29, 0.717) is 5.69 Å². The molecule has 13 heavy (non-hydrogen) atoms. The van der Waals surface area contributed by atoms with Crippen LogP contribution >= 0.6 is 0 Å². The first-order valence-corrected chi connectivity index (χ1v) is 4.27. The fourth-order valence-corrected chi connectivity index (χ4v) is 1.08. The second kappa shape index (κ2) is 3.56. The second-order valence-corrected chi connectivity index (χ2v) is 4.00. The number of para-hydroxylation sites is 2. The summed E-state index contributed by atoms with van der Waals surface area (Å²) in [4.78, 5) is 0. The SMILES string of the molecule is CC(C)(C)Nc1ccccc1N=N. The Balaban J connectivity index is 2.94. The molecule has 2 N–H and O–H groups in total. The summed E-state index contributed by atoms with van der Waals surface area (Å²) in [7, 11) is 0. The van der Waals surface area contributed by atoms with Crippen LogP contribution in [-0.4, -0.2) is 5.54 Å². The molecule has 0 aliphatic rings. The van der Waals surface area contributed by atoms with Crippen molar-refractivity contribution in [1.29, 1.82) is 5.53 Å². The Hall–Kier alpha value is -1.38. The maximum atomic E-state index is 6.98. The van der Waals surface area contributed by atoms with Gasteiger partial charge in [0.2, 0.25) is 0 Å². The van der Waals surface area contributed by atoms with Crippen molar-refractivity contribution in [2.75, 3.05) is 5.32 Å². The normalized spacial score (nSPS) is 11.0. The molecule has 3 heteroatoms. The first-order chi connectivity index (χ1) is 6.03. The van der Waals surface area contributed by atoms with Crippen LogP contribution in [0.2, 0.25) is 0 Å². The Bertz CT molecular complexity index is 299. The molecular weight excluding hydrogens is 162 g/mol. The van der Waals surface area contributed by atoms with Crippen molar-refractivity contribution in [3.63, 3.8) is 0 Å². The first kappa shape index (κ1) is 9.71. The summed E-state index contributed by atoms with van der Waals surface area (Å²) < 4.78 is 0. The Morgan fingerprint density at radius 3 is 2.38 bits per heavy atom. The van der Waals surface area contributed by atoms with E-state index >= 15 is 0 Å². The van der Waals surface area contributed by atoms with E-state index in [4.69, 9.17) is 5.53 Å². The van der Waals surface area contributed by atoms with E-state index in [1.807, 2.05) is 24.3 Å². The molecule has 0 saturated heterocycles. The fraction of sp³-hybridized carbons (Fsp3) is 0.400. The van der Waals surface area contributed by atoms with Crippen LogP contribution in [0.5, 0.6) is 0 Å². The number of nitrogens with zero attached hydrogens (tertiary/aromatic N) is 1. The minimum atomic E-state index is 0.000787. The number of hydrogen-bond acceptors (Lipinski definition) is 3. The Morgan fingerprint density at radius 2 is 1.85 bits per heavy atom. The third-order valence-electron chi connectivity index (χ3n) is 1.53. The van der Waals surface area contributed by atoms with Gasteiger partial charge in [-0.15, -0.1) is 0 Å². The predicted octanol–water partition coefficient (Wildman–Crippen LogP) is 3.56. The lowest BCUT2D eigenvalue weighted by molar-refractivity contribution is 0.634. The van der Waals surface area contributed by atoms with Crippen molar-refractivity contribution in [1.82, 2.24) is 0 Å². The number of nitrogens with one attached hydrogen (secondary N) is 2. The van der Waals surface area contributed by atoms with Gasteiger partial charge in [0.1, 0.15) is 5.69 Å². The topological polar surface area (TPSA) is 48.2 Å². The number of benzene rings is 1. The van der Waals surface area contributed by atoms with Gasteiger partial charge in [0, 0.05) is 5.54 Å². The number of anilines is 1. The quantitative estimate of drug-likeness (QED) is 0.666. The summed E-state index contributed by atoms with van der Waals surface area (Å²) in [6.07, 6.45) is 0. The second-order valence-electron chi connectivity index (χ2n) is 4.00. The highest BCUT2D eigenvalue weighted by atomic mass is 15.0. The third-order valence-corrected chi connectivity index (χ3v) is 1.53. The molecule has 0 bridgehead atoms. The van der Waals surface area contributed by atoms with E-state index < -0.39 is 0 Å². The van der Waals surface area contributed by atoms with Crippen LogP contribution < -0.4 is 5.32 Å². The van der Waals surface area contributed by atoms with E-state index in [2.05, 4.69) is 31.2 Å². The monoisotopic (exact) mass is 177 g/mol. The van der Waals surface area contributed by atoms with Gasteiger partial charge >= 0.3 is 0 Å². The van der Waals surface area contributed by atoms with Crippen LogP contribution in [0.1, 0.15) is 20.8 Å². The zero-order valence-corrected chi connectivity index (χ0v) is 8.26. The van der Waals surface area contributed by atoms with Crippen molar-refractivity contribution in [3.05, 3.63) is 24.3 Å². The van der Waals surface area contributed by atoms with Crippen LogP contribution in [0, 0.1) is 5.53 Å². The van der Waals surface area contributed by atoms with E-state index in [-0.39, 0.29) is 5.54 Å². The smallest absolute Gasteiger partial charge is 0.108 e. The average Bonchev–Trinajstić information content (AvgIpc) is 2.02. The molecule has 0 heterocycles. The molecule has 3 nitrogen and oxygen atoms in total. The summed E-state index contributed by atoms with van der Waals surface area (Å²) in [6.45, 7) is 6.23. The zero-order valence-electron chi connectivity index (χ0n) is 8.26. The molecule has 0 atom stereocenters. The minimum Gasteiger partial charge on any atom is -0.379 e. The van der Waals surface area contributed by atoms with Gasteiger partial charge in [0.25, 0.3) is 0 Å². The van der Waals surface area contributed by atoms with Crippen LogP contribution in [0.15, 0.2) is 29.4 Å².